The average molecular weight is 463 g/mol. The summed E-state index contributed by atoms with van der Waals surface area (Å²) in [6, 6.07) is 0. The number of esters is 1. The summed E-state index contributed by atoms with van der Waals surface area (Å²) in [7, 11) is 0. The Morgan fingerprint density at radius 3 is 2.59 bits per heavy atom. The molecule has 0 radical (unpaired) electrons. The van der Waals surface area contributed by atoms with E-state index in [1.807, 2.05) is 0 Å². The molecule has 0 N–H and O–H groups in total. The molecule has 0 heterocycles. The number of allylic oxidation sites excluding steroid dienone is 1. The molecular formula is C29H47ClO2. The minimum absolute atomic E-state index is 0.0329. The molecule has 0 aromatic rings. The van der Waals surface area contributed by atoms with Crippen LogP contribution in [0.1, 0.15) is 105 Å². The van der Waals surface area contributed by atoms with E-state index >= 15 is 0 Å². The van der Waals surface area contributed by atoms with Crippen LogP contribution in [0.5, 0.6) is 0 Å². The van der Waals surface area contributed by atoms with Crippen LogP contribution >= 0.6 is 11.6 Å². The van der Waals surface area contributed by atoms with E-state index in [4.69, 9.17) is 16.3 Å². The first-order chi connectivity index (χ1) is 15.2. The Hall–Kier alpha value is -0.500. The number of ether oxygens (including phenoxy) is 1. The predicted molar refractivity (Wildman–Crippen MR) is 134 cm³/mol. The molecule has 182 valence electrons. The number of hydrogen-bond acceptors (Lipinski definition) is 2. The third-order valence-corrected chi connectivity index (χ3v) is 10.9. The zero-order valence-corrected chi connectivity index (χ0v) is 22.1. The summed E-state index contributed by atoms with van der Waals surface area (Å²) >= 11 is 5.68. The molecule has 8 atom stereocenters. The van der Waals surface area contributed by atoms with E-state index in [1.54, 1.807) is 5.57 Å². The van der Waals surface area contributed by atoms with E-state index < -0.39 is 0 Å². The van der Waals surface area contributed by atoms with Gasteiger partial charge in [-0.25, -0.2) is 0 Å². The van der Waals surface area contributed by atoms with Crippen LogP contribution < -0.4 is 0 Å². The van der Waals surface area contributed by atoms with Gasteiger partial charge < -0.3 is 4.74 Å². The summed E-state index contributed by atoms with van der Waals surface area (Å²) in [5.74, 6) is 4.92. The fraction of sp³-hybridized carbons (Fsp3) is 0.897. The summed E-state index contributed by atoms with van der Waals surface area (Å²) in [5.41, 5.74) is 2.44. The Labute approximate surface area is 202 Å². The molecular weight excluding hydrogens is 416 g/mol. The molecule has 3 heteroatoms. The van der Waals surface area contributed by atoms with Crippen LogP contribution in [-0.4, -0.2) is 18.0 Å². The van der Waals surface area contributed by atoms with Crippen LogP contribution in [0, 0.1) is 46.3 Å². The van der Waals surface area contributed by atoms with Gasteiger partial charge in [0.05, 0.1) is 0 Å². The van der Waals surface area contributed by atoms with Crippen molar-refractivity contribution in [1.29, 1.82) is 0 Å². The van der Waals surface area contributed by atoms with Crippen molar-refractivity contribution in [3.63, 3.8) is 0 Å². The van der Waals surface area contributed by atoms with Crippen LogP contribution in [0.15, 0.2) is 11.6 Å². The average Bonchev–Trinajstić information content (AvgIpc) is 3.11. The van der Waals surface area contributed by atoms with Gasteiger partial charge in [0.2, 0.25) is 0 Å². The van der Waals surface area contributed by atoms with Crippen molar-refractivity contribution in [1.82, 2.24) is 0 Å². The SMILES string of the molecule is CC(C)CCC[C@H](C)[C@@H]1CC[C@@H]2[C@@H]3CC=C4C[C@@H](OC(=O)CCl)CC[C@]4(C)[C@@H]3CC[C@]21C. The summed E-state index contributed by atoms with van der Waals surface area (Å²) in [6.45, 7) is 12.5. The number of rotatable bonds is 7. The number of hydrogen-bond donors (Lipinski definition) is 0. The minimum Gasteiger partial charge on any atom is -0.461 e. The minimum atomic E-state index is -0.262. The van der Waals surface area contributed by atoms with Crippen LogP contribution in [0.2, 0.25) is 0 Å². The van der Waals surface area contributed by atoms with Gasteiger partial charge in [0.25, 0.3) is 0 Å². The van der Waals surface area contributed by atoms with E-state index in [9.17, 15) is 4.79 Å². The lowest BCUT2D eigenvalue weighted by Gasteiger charge is -2.58. The summed E-state index contributed by atoms with van der Waals surface area (Å²) in [6.07, 6.45) is 16.9. The highest BCUT2D eigenvalue weighted by molar-refractivity contribution is 6.26. The standard InChI is InChI=1S/C29H47ClO2/c1-19(2)7-6-8-20(3)24-11-12-25-23-10-9-21-17-22(32-27(31)18-30)13-15-28(21,4)26(23)14-16-29(24,25)5/h9,19-20,22-26H,6-8,10-18H2,1-5H3/t20-,22-,23-,24-,25+,26+,28-,29-/m0/s1. The Morgan fingerprint density at radius 2 is 1.88 bits per heavy atom. The third-order valence-electron chi connectivity index (χ3n) is 10.7. The molecule has 2 nitrogen and oxygen atoms in total. The first-order valence-electron chi connectivity index (χ1n) is 13.6. The molecule has 4 aliphatic carbocycles. The molecule has 0 aromatic heterocycles. The maximum Gasteiger partial charge on any atom is 0.321 e. The van der Waals surface area contributed by atoms with Gasteiger partial charge in [-0.1, -0.05) is 65.5 Å². The van der Waals surface area contributed by atoms with Gasteiger partial charge in [-0.2, -0.15) is 0 Å². The van der Waals surface area contributed by atoms with Gasteiger partial charge in [-0.15, -0.1) is 11.6 Å². The normalized spacial score (nSPS) is 42.0. The second-order valence-electron chi connectivity index (χ2n) is 12.8. The van der Waals surface area contributed by atoms with Crippen LogP contribution in [0.25, 0.3) is 0 Å². The zero-order chi connectivity index (χ0) is 23.1. The van der Waals surface area contributed by atoms with Crippen LogP contribution in [0.3, 0.4) is 0 Å². The van der Waals surface area contributed by atoms with Crippen molar-refractivity contribution in [2.75, 3.05) is 5.88 Å². The van der Waals surface area contributed by atoms with Crippen molar-refractivity contribution in [3.8, 4) is 0 Å². The number of carbonyl (C=O) groups is 1. The van der Waals surface area contributed by atoms with E-state index in [1.165, 1.54) is 57.8 Å². The van der Waals surface area contributed by atoms with E-state index in [-0.39, 0.29) is 18.0 Å². The van der Waals surface area contributed by atoms with Gasteiger partial charge >= 0.3 is 5.97 Å². The topological polar surface area (TPSA) is 26.3 Å². The van der Waals surface area contributed by atoms with Gasteiger partial charge in [0.15, 0.2) is 0 Å². The molecule has 4 aliphatic rings. The maximum atomic E-state index is 11.7. The predicted octanol–water partition coefficient (Wildman–Crippen LogP) is 8.18. The van der Waals surface area contributed by atoms with Crippen molar-refractivity contribution in [2.45, 2.75) is 111 Å². The van der Waals surface area contributed by atoms with Crippen LogP contribution in [-0.2, 0) is 9.53 Å². The number of alkyl halides is 1. The third kappa shape index (κ3) is 4.44. The second kappa shape index (κ2) is 9.63. The van der Waals surface area contributed by atoms with Gasteiger partial charge in [0.1, 0.15) is 12.0 Å². The zero-order valence-electron chi connectivity index (χ0n) is 21.3. The number of fused-ring (bicyclic) bond motifs is 5. The second-order valence-corrected chi connectivity index (χ2v) is 13.0. The molecule has 3 fully saturated rings. The summed E-state index contributed by atoms with van der Waals surface area (Å²) in [4.78, 5) is 11.7. The Balaban J connectivity index is 1.45. The highest BCUT2D eigenvalue weighted by Gasteiger charge is 2.59. The Bertz CT molecular complexity index is 714. The van der Waals surface area contributed by atoms with E-state index in [0.717, 1.165) is 48.3 Å². The van der Waals surface area contributed by atoms with Crippen molar-refractivity contribution >= 4 is 17.6 Å². The van der Waals surface area contributed by atoms with E-state index in [0.29, 0.717) is 10.8 Å². The first-order valence-corrected chi connectivity index (χ1v) is 14.2. The lowest BCUT2D eigenvalue weighted by molar-refractivity contribution is -0.148. The molecule has 0 unspecified atom stereocenters. The molecule has 0 spiro atoms. The fourth-order valence-corrected chi connectivity index (χ4v) is 9.03. The molecule has 32 heavy (non-hydrogen) atoms. The Morgan fingerprint density at radius 1 is 1.09 bits per heavy atom. The van der Waals surface area contributed by atoms with Gasteiger partial charge in [-0.05, 0) is 91.3 Å². The lowest BCUT2D eigenvalue weighted by Crippen LogP contribution is -2.51. The highest BCUT2D eigenvalue weighted by Crippen LogP contribution is 2.67. The van der Waals surface area contributed by atoms with Gasteiger partial charge in [0, 0.05) is 6.42 Å². The molecule has 0 aromatic carbocycles. The molecule has 0 bridgehead atoms. The number of carbonyl (C=O) groups excluding carboxylic acids is 1. The maximum absolute atomic E-state index is 11.7. The fourth-order valence-electron chi connectivity index (χ4n) is 8.97. The molecule has 0 aliphatic heterocycles. The largest absolute Gasteiger partial charge is 0.461 e. The lowest BCUT2D eigenvalue weighted by atomic mass is 9.47. The van der Waals surface area contributed by atoms with Crippen molar-refractivity contribution in [3.05, 3.63) is 11.6 Å². The molecule has 0 saturated heterocycles. The van der Waals surface area contributed by atoms with Gasteiger partial charge in [-0.3, -0.25) is 4.79 Å². The van der Waals surface area contributed by atoms with E-state index in [2.05, 4.69) is 40.7 Å². The molecule has 0 amide bonds. The Kier molecular flexibility index (Phi) is 7.41. The number of halogens is 1. The highest BCUT2D eigenvalue weighted by atomic mass is 35.5. The summed E-state index contributed by atoms with van der Waals surface area (Å²) in [5, 5.41) is 0. The first kappa shape index (κ1) is 24.6. The monoisotopic (exact) mass is 462 g/mol. The molecule has 3 saturated carbocycles. The molecule has 4 rings (SSSR count). The summed E-state index contributed by atoms with van der Waals surface area (Å²) < 4.78 is 5.63. The quantitative estimate of drug-likeness (QED) is 0.216. The van der Waals surface area contributed by atoms with Crippen molar-refractivity contribution in [2.24, 2.45) is 46.3 Å². The van der Waals surface area contributed by atoms with Crippen molar-refractivity contribution < 1.29 is 9.53 Å². The smallest absolute Gasteiger partial charge is 0.321 e. The van der Waals surface area contributed by atoms with Crippen LogP contribution in [0.4, 0.5) is 0 Å².